The molecule has 0 spiro atoms. The lowest BCUT2D eigenvalue weighted by Crippen LogP contribution is -1.94. The van der Waals surface area contributed by atoms with Crippen molar-refractivity contribution in [1.29, 1.82) is 0 Å². The number of carbonyl (C=O) groups is 1. The normalized spacial score (nSPS) is 10.4. The number of ether oxygens (including phenoxy) is 2. The number of fused-ring (bicyclic) bond motifs is 1. The molecular weight excluding hydrogens is 210 g/mol. The molecule has 0 bridgehead atoms. The summed E-state index contributed by atoms with van der Waals surface area (Å²) >= 11 is 0. The van der Waals surface area contributed by atoms with Gasteiger partial charge in [-0.05, 0) is 18.2 Å². The predicted molar refractivity (Wildman–Crippen MR) is 58.4 cm³/mol. The average molecular weight is 221 g/mol. The Morgan fingerprint density at radius 2 is 2.06 bits per heavy atom. The van der Waals surface area contributed by atoms with Crippen molar-refractivity contribution in [3.05, 3.63) is 23.9 Å². The fourth-order valence-corrected chi connectivity index (χ4v) is 1.64. The number of carboxylic acid groups (broad SMARTS) is 1. The number of nitrogens with one attached hydrogen (secondary N) is 1. The Morgan fingerprint density at radius 3 is 2.62 bits per heavy atom. The summed E-state index contributed by atoms with van der Waals surface area (Å²) < 4.78 is 10.3. The predicted octanol–water partition coefficient (Wildman–Crippen LogP) is 1.88. The first-order chi connectivity index (χ1) is 7.67. The third kappa shape index (κ3) is 1.46. The van der Waals surface area contributed by atoms with Crippen LogP contribution in [0.1, 0.15) is 10.5 Å². The van der Waals surface area contributed by atoms with Crippen LogP contribution in [0.15, 0.2) is 18.2 Å². The zero-order chi connectivity index (χ0) is 11.7. The number of H-pyrrole nitrogens is 1. The molecule has 16 heavy (non-hydrogen) atoms. The van der Waals surface area contributed by atoms with Crippen molar-refractivity contribution < 1.29 is 19.4 Å². The summed E-state index contributed by atoms with van der Waals surface area (Å²) in [5.41, 5.74) is 0.830. The maximum atomic E-state index is 10.8. The molecule has 2 rings (SSSR count). The van der Waals surface area contributed by atoms with E-state index in [4.69, 9.17) is 14.6 Å². The van der Waals surface area contributed by atoms with Crippen molar-refractivity contribution in [1.82, 2.24) is 4.98 Å². The van der Waals surface area contributed by atoms with Gasteiger partial charge in [-0.1, -0.05) is 0 Å². The molecule has 1 aromatic carbocycles. The van der Waals surface area contributed by atoms with Crippen LogP contribution < -0.4 is 9.47 Å². The molecule has 2 N–H and O–H groups in total. The molecule has 0 amide bonds. The lowest BCUT2D eigenvalue weighted by atomic mass is 10.2. The zero-order valence-corrected chi connectivity index (χ0v) is 8.90. The van der Waals surface area contributed by atoms with Crippen LogP contribution in [-0.2, 0) is 0 Å². The Labute approximate surface area is 91.6 Å². The second-order valence-electron chi connectivity index (χ2n) is 3.25. The summed E-state index contributed by atoms with van der Waals surface area (Å²) in [7, 11) is 3.05. The lowest BCUT2D eigenvalue weighted by Gasteiger charge is -2.07. The minimum Gasteiger partial charge on any atom is -0.493 e. The first kappa shape index (κ1) is 10.4. The van der Waals surface area contributed by atoms with Crippen molar-refractivity contribution >= 4 is 16.9 Å². The first-order valence-corrected chi connectivity index (χ1v) is 4.64. The van der Waals surface area contributed by atoms with E-state index < -0.39 is 5.97 Å². The summed E-state index contributed by atoms with van der Waals surface area (Å²) in [6.45, 7) is 0. The summed E-state index contributed by atoms with van der Waals surface area (Å²) in [5, 5.41) is 9.57. The van der Waals surface area contributed by atoms with Crippen LogP contribution in [0.25, 0.3) is 10.9 Å². The van der Waals surface area contributed by atoms with E-state index in [1.165, 1.54) is 20.3 Å². The first-order valence-electron chi connectivity index (χ1n) is 4.64. The van der Waals surface area contributed by atoms with Gasteiger partial charge in [0.05, 0.1) is 19.7 Å². The van der Waals surface area contributed by atoms with Gasteiger partial charge in [0, 0.05) is 5.39 Å². The third-order valence-electron chi connectivity index (χ3n) is 2.37. The Kier molecular flexibility index (Phi) is 2.44. The van der Waals surface area contributed by atoms with E-state index >= 15 is 0 Å². The van der Waals surface area contributed by atoms with E-state index in [9.17, 15) is 4.79 Å². The number of carboxylic acids is 1. The summed E-state index contributed by atoms with van der Waals surface area (Å²) in [6, 6.07) is 5.01. The Balaban J connectivity index is 2.71. The number of benzene rings is 1. The number of aromatic nitrogens is 1. The van der Waals surface area contributed by atoms with E-state index in [0.29, 0.717) is 22.4 Å². The number of aromatic carboxylic acids is 1. The van der Waals surface area contributed by atoms with Crippen LogP contribution in [0.3, 0.4) is 0 Å². The summed E-state index contributed by atoms with van der Waals surface area (Å²) in [5.74, 6) is 0.104. The molecule has 0 aliphatic carbocycles. The molecule has 0 fully saturated rings. The Morgan fingerprint density at radius 1 is 1.31 bits per heavy atom. The van der Waals surface area contributed by atoms with Crippen molar-refractivity contribution in [2.45, 2.75) is 0 Å². The van der Waals surface area contributed by atoms with Crippen molar-refractivity contribution in [2.24, 2.45) is 0 Å². The minimum absolute atomic E-state index is 0.126. The van der Waals surface area contributed by atoms with Gasteiger partial charge in [-0.25, -0.2) is 4.79 Å². The van der Waals surface area contributed by atoms with E-state index in [0.717, 1.165) is 0 Å². The standard InChI is InChI=1S/C11H11NO4/c1-15-9-4-3-7-6(10(9)16-2)5-8(12-7)11(13)14/h3-5,12H,1-2H3,(H,13,14). The molecule has 0 aliphatic rings. The molecule has 0 saturated heterocycles. The minimum atomic E-state index is -1.00. The molecule has 84 valence electrons. The van der Waals surface area contributed by atoms with E-state index in [-0.39, 0.29) is 5.69 Å². The van der Waals surface area contributed by atoms with Crippen LogP contribution >= 0.6 is 0 Å². The lowest BCUT2D eigenvalue weighted by molar-refractivity contribution is 0.0691. The quantitative estimate of drug-likeness (QED) is 0.830. The molecule has 5 nitrogen and oxygen atoms in total. The maximum Gasteiger partial charge on any atom is 0.352 e. The van der Waals surface area contributed by atoms with E-state index in [1.54, 1.807) is 12.1 Å². The fraction of sp³-hybridized carbons (Fsp3) is 0.182. The Bertz CT molecular complexity index is 544. The molecule has 1 heterocycles. The highest BCUT2D eigenvalue weighted by molar-refractivity contribution is 5.97. The molecule has 0 radical (unpaired) electrons. The molecular formula is C11H11NO4. The summed E-state index contributed by atoms with van der Waals surface area (Å²) in [4.78, 5) is 13.6. The summed E-state index contributed by atoms with van der Waals surface area (Å²) in [6.07, 6.45) is 0. The van der Waals surface area contributed by atoms with Gasteiger partial charge in [0.1, 0.15) is 5.69 Å². The van der Waals surface area contributed by atoms with Gasteiger partial charge in [0.2, 0.25) is 0 Å². The molecule has 2 aromatic rings. The highest BCUT2D eigenvalue weighted by atomic mass is 16.5. The highest BCUT2D eigenvalue weighted by Crippen LogP contribution is 2.35. The average Bonchev–Trinajstić information content (AvgIpc) is 2.71. The smallest absolute Gasteiger partial charge is 0.352 e. The molecule has 0 atom stereocenters. The SMILES string of the molecule is COc1ccc2[nH]c(C(=O)O)cc2c1OC. The van der Waals surface area contributed by atoms with Crippen LogP contribution in [0.5, 0.6) is 11.5 Å². The second kappa shape index (κ2) is 3.77. The van der Waals surface area contributed by atoms with Crippen molar-refractivity contribution in [3.8, 4) is 11.5 Å². The van der Waals surface area contributed by atoms with E-state index in [2.05, 4.69) is 4.98 Å². The monoisotopic (exact) mass is 221 g/mol. The fourth-order valence-electron chi connectivity index (χ4n) is 1.64. The van der Waals surface area contributed by atoms with Crippen LogP contribution in [0.2, 0.25) is 0 Å². The van der Waals surface area contributed by atoms with Gasteiger partial charge in [-0.2, -0.15) is 0 Å². The van der Waals surface area contributed by atoms with Gasteiger partial charge >= 0.3 is 5.97 Å². The number of hydrogen-bond acceptors (Lipinski definition) is 3. The highest BCUT2D eigenvalue weighted by Gasteiger charge is 2.14. The van der Waals surface area contributed by atoms with Crippen LogP contribution in [-0.4, -0.2) is 30.3 Å². The van der Waals surface area contributed by atoms with Crippen molar-refractivity contribution in [3.63, 3.8) is 0 Å². The number of hydrogen-bond donors (Lipinski definition) is 2. The van der Waals surface area contributed by atoms with Crippen LogP contribution in [0.4, 0.5) is 0 Å². The molecule has 0 aliphatic heterocycles. The zero-order valence-electron chi connectivity index (χ0n) is 8.90. The van der Waals surface area contributed by atoms with Gasteiger partial charge in [0.25, 0.3) is 0 Å². The molecule has 5 heteroatoms. The van der Waals surface area contributed by atoms with E-state index in [1.807, 2.05) is 0 Å². The number of rotatable bonds is 3. The Hall–Kier alpha value is -2.17. The van der Waals surface area contributed by atoms with Gasteiger partial charge in [-0.15, -0.1) is 0 Å². The molecule has 0 unspecified atom stereocenters. The molecule has 1 aromatic heterocycles. The maximum absolute atomic E-state index is 10.8. The van der Waals surface area contributed by atoms with Gasteiger partial charge < -0.3 is 19.6 Å². The van der Waals surface area contributed by atoms with Crippen molar-refractivity contribution in [2.75, 3.05) is 14.2 Å². The largest absolute Gasteiger partial charge is 0.493 e. The topological polar surface area (TPSA) is 71.6 Å². The van der Waals surface area contributed by atoms with Gasteiger partial charge in [0.15, 0.2) is 11.5 Å². The molecule has 0 saturated carbocycles. The number of methoxy groups -OCH3 is 2. The second-order valence-corrected chi connectivity index (χ2v) is 3.25. The number of aromatic amines is 1. The van der Waals surface area contributed by atoms with Crippen LogP contribution in [0, 0.1) is 0 Å². The van der Waals surface area contributed by atoms with Gasteiger partial charge in [-0.3, -0.25) is 0 Å². The third-order valence-corrected chi connectivity index (χ3v) is 2.37.